The number of hydrogen-bond acceptors (Lipinski definition) is 4. The number of benzene rings is 2. The molecule has 1 N–H and O–H groups in total. The third-order valence-electron chi connectivity index (χ3n) is 7.74. The van der Waals surface area contributed by atoms with Crippen LogP contribution in [0, 0.1) is 0 Å². The van der Waals surface area contributed by atoms with Crippen LogP contribution in [0.25, 0.3) is 0 Å². The van der Waals surface area contributed by atoms with Crippen LogP contribution in [0.5, 0.6) is 11.5 Å². The Labute approximate surface area is 191 Å². The smallest absolute Gasteiger partial charge is 0.166 e. The largest absolute Gasteiger partial charge is 0.493 e. The minimum atomic E-state index is -0.410. The third-order valence-corrected chi connectivity index (χ3v) is 7.74. The molecule has 0 saturated heterocycles. The molecule has 6 rings (SSSR count). The standard InChI is InChI=1S/C22H29NO3.C6H6/c1-25-18-8-7-15-14-23(16-5-3-2-4-6-16)12-11-22-10-9-17(24)13-19(22)26-21(18)20(15)22;1-2-4-6-5-3-1/h7-10,16-17,19,24H,2-6,11-14H2,1H3;1-6H/t17?,19-,22?;/m1./s1. The van der Waals surface area contributed by atoms with Gasteiger partial charge in [-0.15, -0.1) is 0 Å². The molecule has 2 aromatic rings. The van der Waals surface area contributed by atoms with Crippen LogP contribution < -0.4 is 9.47 Å². The highest BCUT2D eigenvalue weighted by Crippen LogP contribution is 2.56. The average Bonchev–Trinajstić information content (AvgIpc) is 3.08. The van der Waals surface area contributed by atoms with Crippen LogP contribution >= 0.6 is 0 Å². The van der Waals surface area contributed by atoms with Gasteiger partial charge < -0.3 is 14.6 Å². The molecule has 2 aromatic carbocycles. The molecule has 0 amide bonds. The fraction of sp³-hybridized carbons (Fsp3) is 0.500. The summed E-state index contributed by atoms with van der Waals surface area (Å²) in [6.45, 7) is 2.10. The van der Waals surface area contributed by atoms with E-state index in [0.717, 1.165) is 31.0 Å². The minimum Gasteiger partial charge on any atom is -0.493 e. The summed E-state index contributed by atoms with van der Waals surface area (Å²) in [4.78, 5) is 2.71. The Morgan fingerprint density at radius 3 is 2.44 bits per heavy atom. The number of hydrogen-bond donors (Lipinski definition) is 1. The number of methoxy groups -OCH3 is 1. The molecule has 1 saturated carbocycles. The zero-order valence-electron chi connectivity index (χ0n) is 19.1. The molecule has 2 aliphatic carbocycles. The van der Waals surface area contributed by atoms with Crippen molar-refractivity contribution < 1.29 is 14.6 Å². The van der Waals surface area contributed by atoms with Crippen molar-refractivity contribution in [3.8, 4) is 11.5 Å². The highest BCUT2D eigenvalue weighted by Gasteiger charge is 2.53. The second-order valence-electron chi connectivity index (χ2n) is 9.61. The van der Waals surface area contributed by atoms with Crippen molar-refractivity contribution in [2.75, 3.05) is 13.7 Å². The van der Waals surface area contributed by atoms with Crippen molar-refractivity contribution in [3.63, 3.8) is 0 Å². The second-order valence-corrected chi connectivity index (χ2v) is 9.61. The Bertz CT molecular complexity index is 910. The fourth-order valence-electron chi connectivity index (χ4n) is 6.10. The van der Waals surface area contributed by atoms with E-state index in [1.165, 1.54) is 43.2 Å². The molecular weight excluding hydrogens is 398 g/mol. The van der Waals surface area contributed by atoms with Gasteiger partial charge in [-0.1, -0.05) is 73.9 Å². The molecule has 170 valence electrons. The summed E-state index contributed by atoms with van der Waals surface area (Å²) < 4.78 is 12.0. The van der Waals surface area contributed by atoms with Crippen LogP contribution in [0.15, 0.2) is 60.7 Å². The molecule has 2 aliphatic heterocycles. The molecule has 0 bridgehead atoms. The molecule has 1 fully saturated rings. The maximum atomic E-state index is 10.2. The number of ether oxygens (including phenoxy) is 2. The quantitative estimate of drug-likeness (QED) is 0.658. The first-order valence-corrected chi connectivity index (χ1v) is 12.2. The fourth-order valence-corrected chi connectivity index (χ4v) is 6.10. The predicted molar refractivity (Wildman–Crippen MR) is 127 cm³/mol. The summed E-state index contributed by atoms with van der Waals surface area (Å²) in [5.41, 5.74) is 2.60. The highest BCUT2D eigenvalue weighted by atomic mass is 16.5. The lowest BCUT2D eigenvalue weighted by molar-refractivity contribution is 0.0752. The number of aliphatic hydroxyl groups is 1. The van der Waals surface area contributed by atoms with Crippen LogP contribution in [-0.4, -0.2) is 41.9 Å². The molecular formula is C28H35NO3. The molecule has 4 nitrogen and oxygen atoms in total. The monoisotopic (exact) mass is 433 g/mol. The molecule has 0 aromatic heterocycles. The summed E-state index contributed by atoms with van der Waals surface area (Å²) in [5.74, 6) is 1.74. The predicted octanol–water partition coefficient (Wildman–Crippen LogP) is 5.24. The minimum absolute atomic E-state index is 0.0128. The van der Waals surface area contributed by atoms with Gasteiger partial charge >= 0.3 is 0 Å². The van der Waals surface area contributed by atoms with Crippen molar-refractivity contribution in [2.45, 2.75) is 75.2 Å². The van der Waals surface area contributed by atoms with E-state index < -0.39 is 6.10 Å². The Kier molecular flexibility index (Phi) is 6.25. The van der Waals surface area contributed by atoms with E-state index >= 15 is 0 Å². The van der Waals surface area contributed by atoms with Crippen LogP contribution in [0.2, 0.25) is 0 Å². The normalized spacial score (nSPS) is 29.1. The van der Waals surface area contributed by atoms with Crippen molar-refractivity contribution in [3.05, 3.63) is 71.8 Å². The van der Waals surface area contributed by atoms with E-state index in [4.69, 9.17) is 9.47 Å². The summed E-state index contributed by atoms with van der Waals surface area (Å²) >= 11 is 0. The van der Waals surface area contributed by atoms with E-state index in [2.05, 4.69) is 23.1 Å². The average molecular weight is 434 g/mol. The lowest BCUT2D eigenvalue weighted by Crippen LogP contribution is -2.44. The summed E-state index contributed by atoms with van der Waals surface area (Å²) in [5, 5.41) is 10.2. The maximum Gasteiger partial charge on any atom is 0.166 e. The zero-order chi connectivity index (χ0) is 22.0. The number of aliphatic hydroxyl groups excluding tert-OH is 1. The first-order chi connectivity index (χ1) is 15.7. The van der Waals surface area contributed by atoms with Crippen molar-refractivity contribution in [2.24, 2.45) is 0 Å². The van der Waals surface area contributed by atoms with Gasteiger partial charge in [-0.3, -0.25) is 4.90 Å². The van der Waals surface area contributed by atoms with E-state index in [9.17, 15) is 5.11 Å². The summed E-state index contributed by atoms with van der Waals surface area (Å²) in [7, 11) is 1.71. The molecule has 4 aliphatic rings. The van der Waals surface area contributed by atoms with E-state index in [0.29, 0.717) is 12.5 Å². The van der Waals surface area contributed by atoms with Gasteiger partial charge in [0.1, 0.15) is 6.10 Å². The highest BCUT2D eigenvalue weighted by molar-refractivity contribution is 5.61. The SMILES string of the molecule is COc1ccc2c3c1O[C@@H]1CC(O)C=CC31CCN(C1CCCCC1)C2.c1ccccc1. The van der Waals surface area contributed by atoms with E-state index in [1.807, 2.05) is 42.5 Å². The van der Waals surface area contributed by atoms with Crippen molar-refractivity contribution >= 4 is 0 Å². The lowest BCUT2D eigenvalue weighted by atomic mass is 9.69. The topological polar surface area (TPSA) is 41.9 Å². The number of nitrogens with zero attached hydrogens (tertiary/aromatic N) is 1. The van der Waals surface area contributed by atoms with Gasteiger partial charge in [0.15, 0.2) is 11.5 Å². The molecule has 2 unspecified atom stereocenters. The van der Waals surface area contributed by atoms with Crippen LogP contribution in [0.1, 0.15) is 56.1 Å². The van der Waals surface area contributed by atoms with Crippen LogP contribution in [-0.2, 0) is 12.0 Å². The molecule has 32 heavy (non-hydrogen) atoms. The van der Waals surface area contributed by atoms with Crippen molar-refractivity contribution in [1.29, 1.82) is 0 Å². The lowest BCUT2D eigenvalue weighted by Gasteiger charge is -2.37. The van der Waals surface area contributed by atoms with Gasteiger partial charge in [0.2, 0.25) is 0 Å². The van der Waals surface area contributed by atoms with Gasteiger partial charge in [0.25, 0.3) is 0 Å². The van der Waals surface area contributed by atoms with Crippen LogP contribution in [0.3, 0.4) is 0 Å². The van der Waals surface area contributed by atoms with Gasteiger partial charge in [-0.05, 0) is 30.9 Å². The Hall–Kier alpha value is -2.30. The molecule has 4 heteroatoms. The Balaban J connectivity index is 0.000000314. The first kappa shape index (κ1) is 21.5. The zero-order valence-corrected chi connectivity index (χ0v) is 19.1. The first-order valence-electron chi connectivity index (χ1n) is 12.2. The maximum absolute atomic E-state index is 10.2. The molecule has 2 heterocycles. The van der Waals surface area contributed by atoms with Crippen molar-refractivity contribution in [1.82, 2.24) is 4.90 Å². The van der Waals surface area contributed by atoms with E-state index in [1.54, 1.807) is 7.11 Å². The van der Waals surface area contributed by atoms with Gasteiger partial charge in [0.05, 0.1) is 18.6 Å². The summed E-state index contributed by atoms with van der Waals surface area (Å²) in [6, 6.07) is 17.0. The second kappa shape index (κ2) is 9.29. The third kappa shape index (κ3) is 3.95. The molecule has 3 atom stereocenters. The Morgan fingerprint density at radius 1 is 1.03 bits per heavy atom. The number of rotatable bonds is 2. The van der Waals surface area contributed by atoms with Gasteiger partial charge in [0, 0.05) is 31.1 Å². The van der Waals surface area contributed by atoms with Gasteiger partial charge in [-0.2, -0.15) is 0 Å². The van der Waals surface area contributed by atoms with Gasteiger partial charge in [-0.25, -0.2) is 0 Å². The summed E-state index contributed by atoms with van der Waals surface area (Å²) in [6.07, 6.45) is 12.3. The Morgan fingerprint density at radius 2 is 1.75 bits per heavy atom. The van der Waals surface area contributed by atoms with E-state index in [-0.39, 0.29) is 11.5 Å². The van der Waals surface area contributed by atoms with Crippen LogP contribution in [0.4, 0.5) is 0 Å². The molecule has 0 radical (unpaired) electrons. The molecule has 1 spiro atoms.